The third-order valence-electron chi connectivity index (χ3n) is 8.83. The number of carbonyl (C=O) groups excluding carboxylic acids is 2. The quantitative estimate of drug-likeness (QED) is 0.0178. The summed E-state index contributed by atoms with van der Waals surface area (Å²) in [6.45, 7) is 2.05. The Kier molecular flexibility index (Phi) is 35.0. The first kappa shape index (κ1) is 54.6. The van der Waals surface area contributed by atoms with E-state index in [4.69, 9.17) is 23.8 Å². The van der Waals surface area contributed by atoms with E-state index in [-0.39, 0.29) is 19.4 Å². The molecule has 1 heterocycles. The molecule has 0 radical (unpaired) electrons. The van der Waals surface area contributed by atoms with Crippen LogP contribution in [0.4, 0.5) is 0 Å². The van der Waals surface area contributed by atoms with E-state index in [1.165, 1.54) is 19.3 Å². The number of aliphatic hydroxyl groups excluding tert-OH is 2. The fourth-order valence-electron chi connectivity index (χ4n) is 5.35. The van der Waals surface area contributed by atoms with Crippen molar-refractivity contribution in [1.82, 2.24) is 0 Å². The second-order valence-corrected chi connectivity index (χ2v) is 15.8. The van der Waals surface area contributed by atoms with Gasteiger partial charge >= 0.3 is 19.8 Å². The zero-order chi connectivity index (χ0) is 43.8. The van der Waals surface area contributed by atoms with E-state index >= 15 is 0 Å². The van der Waals surface area contributed by atoms with Gasteiger partial charge in [-0.1, -0.05) is 136 Å². The summed E-state index contributed by atoms with van der Waals surface area (Å²) in [6, 6.07) is 0. The van der Waals surface area contributed by atoms with Gasteiger partial charge in [0.25, 0.3) is 0 Å². The lowest BCUT2D eigenvalue weighted by Gasteiger charge is -2.20. The summed E-state index contributed by atoms with van der Waals surface area (Å²) >= 11 is 0. The van der Waals surface area contributed by atoms with Gasteiger partial charge < -0.3 is 29.3 Å². The first-order valence-corrected chi connectivity index (χ1v) is 23.5. The number of aliphatic hydroxyl groups is 2. The zero-order valence-corrected chi connectivity index (χ0v) is 37.2. The molecule has 0 aromatic heterocycles. The number of hydrogen-bond donors (Lipinski definition) is 3. The third kappa shape index (κ3) is 35.4. The van der Waals surface area contributed by atoms with Crippen LogP contribution in [-0.4, -0.2) is 77.9 Å². The van der Waals surface area contributed by atoms with Crippen LogP contribution < -0.4 is 0 Å². The second kappa shape index (κ2) is 38.5. The Balaban J connectivity index is 2.34. The van der Waals surface area contributed by atoms with Gasteiger partial charge in [-0.3, -0.25) is 18.6 Å². The number of phosphoric ester groups is 1. The number of epoxide rings is 1. The first-order valence-electron chi connectivity index (χ1n) is 22.0. The molecule has 1 saturated heterocycles. The monoisotopic (exact) mass is 859 g/mol. The molecule has 0 aromatic rings. The summed E-state index contributed by atoms with van der Waals surface area (Å²) < 4.78 is 38.2. The highest BCUT2D eigenvalue weighted by molar-refractivity contribution is 7.47. The lowest BCUT2D eigenvalue weighted by Crippen LogP contribution is -2.29. The largest absolute Gasteiger partial charge is 0.472 e. The molecule has 1 fully saturated rings. The van der Waals surface area contributed by atoms with Crippen LogP contribution in [0.25, 0.3) is 0 Å². The van der Waals surface area contributed by atoms with Crippen LogP contribution in [0, 0.1) is 0 Å². The third-order valence-corrected chi connectivity index (χ3v) is 9.78. The van der Waals surface area contributed by atoms with Gasteiger partial charge in [0.05, 0.1) is 32.0 Å². The summed E-state index contributed by atoms with van der Waals surface area (Å²) in [7, 11) is -4.66. The van der Waals surface area contributed by atoms with E-state index in [9.17, 15) is 24.2 Å². The summed E-state index contributed by atoms with van der Waals surface area (Å²) in [4.78, 5) is 35.0. The number of carbonyl (C=O) groups is 2. The van der Waals surface area contributed by atoms with Crippen molar-refractivity contribution < 1.29 is 52.5 Å². The molecule has 12 heteroatoms. The van der Waals surface area contributed by atoms with Crippen molar-refractivity contribution in [2.24, 2.45) is 0 Å². The summed E-state index contributed by atoms with van der Waals surface area (Å²) in [5.74, 6) is -1.11. The van der Waals surface area contributed by atoms with Crippen molar-refractivity contribution in [2.45, 2.75) is 154 Å². The van der Waals surface area contributed by atoms with Gasteiger partial charge in [-0.2, -0.15) is 0 Å². The SMILES string of the molecule is CC/C=C\CC1OC1C/C=C\C/C=C\C/C=C\C/C=C\CCC(=O)OC[C@H](COP(=O)(O)OC[C@@H](O)CO)OC(=O)CCC/C=C\C/C=C\C/C=C\C/C=C\CCCCC. The molecule has 338 valence electrons. The fraction of sp³-hybridized carbons (Fsp3) is 0.583. The molecule has 0 saturated carbocycles. The van der Waals surface area contributed by atoms with Crippen molar-refractivity contribution in [3.63, 3.8) is 0 Å². The molecular formula is C48H75O11P. The maximum atomic E-state index is 12.6. The van der Waals surface area contributed by atoms with Gasteiger partial charge in [0, 0.05) is 12.8 Å². The Morgan fingerprint density at radius 1 is 0.600 bits per heavy atom. The fourth-order valence-corrected chi connectivity index (χ4v) is 6.13. The Bertz CT molecular complexity index is 1420. The highest BCUT2D eigenvalue weighted by Gasteiger charge is 2.36. The second-order valence-electron chi connectivity index (χ2n) is 14.4. The molecule has 1 aliphatic heterocycles. The van der Waals surface area contributed by atoms with Gasteiger partial charge in [0.15, 0.2) is 6.10 Å². The molecule has 0 aliphatic carbocycles. The van der Waals surface area contributed by atoms with Crippen molar-refractivity contribution in [3.8, 4) is 0 Å². The van der Waals surface area contributed by atoms with E-state index in [0.717, 1.165) is 64.2 Å². The Morgan fingerprint density at radius 3 is 1.62 bits per heavy atom. The number of hydrogen-bond acceptors (Lipinski definition) is 10. The number of phosphoric acid groups is 1. The smallest absolute Gasteiger partial charge is 0.462 e. The van der Waals surface area contributed by atoms with Crippen molar-refractivity contribution in [2.75, 3.05) is 26.4 Å². The molecular weight excluding hydrogens is 783 g/mol. The molecule has 1 aliphatic rings. The van der Waals surface area contributed by atoms with E-state index in [1.54, 1.807) is 0 Å². The zero-order valence-electron chi connectivity index (χ0n) is 36.3. The summed E-state index contributed by atoms with van der Waals surface area (Å²) in [5.41, 5.74) is 0. The minimum atomic E-state index is -4.66. The maximum Gasteiger partial charge on any atom is 0.472 e. The molecule has 11 nitrogen and oxygen atoms in total. The summed E-state index contributed by atoms with van der Waals surface area (Å²) in [6.07, 6.45) is 51.1. The molecule has 3 unspecified atom stereocenters. The van der Waals surface area contributed by atoms with Crippen LogP contribution in [0.15, 0.2) is 109 Å². The predicted octanol–water partition coefficient (Wildman–Crippen LogP) is 10.8. The lowest BCUT2D eigenvalue weighted by atomic mass is 10.1. The average Bonchev–Trinajstić information content (AvgIpc) is 3.99. The van der Waals surface area contributed by atoms with Crippen molar-refractivity contribution >= 4 is 19.8 Å². The average molecular weight is 859 g/mol. The number of rotatable bonds is 38. The first-order chi connectivity index (χ1) is 29.2. The van der Waals surface area contributed by atoms with Crippen LogP contribution in [-0.2, 0) is 37.4 Å². The predicted molar refractivity (Wildman–Crippen MR) is 241 cm³/mol. The van der Waals surface area contributed by atoms with Crippen molar-refractivity contribution in [3.05, 3.63) is 109 Å². The number of ether oxygens (including phenoxy) is 3. The van der Waals surface area contributed by atoms with E-state index in [0.29, 0.717) is 31.5 Å². The molecule has 3 N–H and O–H groups in total. The van der Waals surface area contributed by atoms with E-state index in [1.807, 2.05) is 24.3 Å². The maximum absolute atomic E-state index is 12.6. The van der Waals surface area contributed by atoms with Crippen LogP contribution >= 0.6 is 7.82 Å². The Hall–Kier alpha value is -3.41. The van der Waals surface area contributed by atoms with Crippen LogP contribution in [0.3, 0.4) is 0 Å². The van der Waals surface area contributed by atoms with Crippen LogP contribution in [0.5, 0.6) is 0 Å². The number of unbranched alkanes of at least 4 members (excludes halogenated alkanes) is 4. The van der Waals surface area contributed by atoms with Crippen molar-refractivity contribution in [1.29, 1.82) is 0 Å². The standard InChI is InChI=1S/C48H75O11P/c1-3-5-7-8-9-10-11-12-13-14-15-16-21-24-27-30-34-38-48(52)58-44(42-57-60(53,54)56-40-43(50)39-49)41-55-47(51)37-33-29-26-23-20-18-17-19-22-25-28-32-36-46-45(59-46)35-31-6-4-2/h6,9-10,12-13,15-16,18-20,22,24,26-29,31-32,43-46,49-50H,3-5,7-8,11,14,17,21,23,25,30,33-42H2,1-2H3,(H,53,54)/b10-9-,13-12-,16-15-,20-18-,22-19-,27-24-,29-26-,31-6-,32-28-/t43-,44+,45?,46?/m0/s1. The number of allylic oxidation sites excluding steroid dienone is 16. The summed E-state index contributed by atoms with van der Waals surface area (Å²) in [5, 5.41) is 18.3. The lowest BCUT2D eigenvalue weighted by molar-refractivity contribution is -0.161. The van der Waals surface area contributed by atoms with Gasteiger partial charge in [0.1, 0.15) is 12.7 Å². The highest BCUT2D eigenvalue weighted by atomic mass is 31.2. The van der Waals surface area contributed by atoms with E-state index < -0.39 is 51.8 Å². The molecule has 0 aromatic carbocycles. The molecule has 60 heavy (non-hydrogen) atoms. The molecule has 0 bridgehead atoms. The van der Waals surface area contributed by atoms with Crippen LogP contribution in [0.1, 0.15) is 129 Å². The minimum Gasteiger partial charge on any atom is -0.462 e. The topological polar surface area (TPSA) is 161 Å². The van der Waals surface area contributed by atoms with Crippen LogP contribution in [0.2, 0.25) is 0 Å². The molecule has 1 rings (SSSR count). The van der Waals surface area contributed by atoms with Gasteiger partial charge in [-0.05, 0) is 89.9 Å². The molecule has 0 spiro atoms. The molecule has 5 atom stereocenters. The Morgan fingerprint density at radius 2 is 1.08 bits per heavy atom. The van der Waals surface area contributed by atoms with Gasteiger partial charge in [-0.25, -0.2) is 4.57 Å². The van der Waals surface area contributed by atoms with E-state index in [2.05, 4.69) is 103 Å². The highest BCUT2D eigenvalue weighted by Crippen LogP contribution is 2.43. The number of esters is 2. The Labute approximate surface area is 361 Å². The van der Waals surface area contributed by atoms with Gasteiger partial charge in [-0.15, -0.1) is 0 Å². The molecule has 0 amide bonds. The van der Waals surface area contributed by atoms with Gasteiger partial charge in [0.2, 0.25) is 0 Å². The minimum absolute atomic E-state index is 0.0833. The normalized spacial score (nSPS) is 18.2.